The molecule has 0 bridgehead atoms. The van der Waals surface area contributed by atoms with Crippen molar-refractivity contribution in [2.24, 2.45) is 4.99 Å². The van der Waals surface area contributed by atoms with Crippen LogP contribution in [0.4, 0.5) is 17.6 Å². The number of likely N-dealkylation sites (tertiary alicyclic amines) is 1. The minimum absolute atomic E-state index is 0.0515. The van der Waals surface area contributed by atoms with E-state index in [2.05, 4.69) is 15.6 Å². The minimum Gasteiger partial charge on any atom is -0.357 e. The number of nitrogens with one attached hydrogen (secondary N) is 2. The second kappa shape index (κ2) is 8.86. The predicted octanol–water partition coefficient (Wildman–Crippen LogP) is 2.31. The summed E-state index contributed by atoms with van der Waals surface area (Å²) >= 11 is 0. The van der Waals surface area contributed by atoms with E-state index in [1.165, 1.54) is 0 Å². The van der Waals surface area contributed by atoms with Crippen LogP contribution in [0, 0.1) is 23.3 Å². The van der Waals surface area contributed by atoms with Crippen LogP contribution in [0.15, 0.2) is 11.1 Å². The Morgan fingerprint density at radius 2 is 1.88 bits per heavy atom. The van der Waals surface area contributed by atoms with Gasteiger partial charge in [-0.2, -0.15) is 0 Å². The van der Waals surface area contributed by atoms with Crippen LogP contribution >= 0.6 is 0 Å². The van der Waals surface area contributed by atoms with E-state index in [1.54, 1.807) is 11.8 Å². The van der Waals surface area contributed by atoms with E-state index >= 15 is 0 Å². The molecule has 0 radical (unpaired) electrons. The topological polar surface area (TPSA) is 56.7 Å². The van der Waals surface area contributed by atoms with Crippen molar-refractivity contribution in [1.29, 1.82) is 0 Å². The van der Waals surface area contributed by atoms with Crippen LogP contribution in [0.3, 0.4) is 0 Å². The molecular formula is C17H22F4N4O. The lowest BCUT2D eigenvalue weighted by Gasteiger charge is -2.18. The van der Waals surface area contributed by atoms with Gasteiger partial charge in [0.25, 0.3) is 0 Å². The Balaban J connectivity index is 2.10. The number of nitrogens with zero attached hydrogens (tertiary/aromatic N) is 2. The fraction of sp³-hybridized carbons (Fsp3) is 0.529. The van der Waals surface area contributed by atoms with Gasteiger partial charge in [0.05, 0.1) is 12.1 Å². The molecule has 1 aliphatic heterocycles. The number of hydrogen-bond donors (Lipinski definition) is 2. The van der Waals surface area contributed by atoms with E-state index < -0.39 is 35.4 Å². The highest BCUT2D eigenvalue weighted by Gasteiger charge is 2.26. The average Bonchev–Trinajstić information content (AvgIpc) is 3.08. The predicted molar refractivity (Wildman–Crippen MR) is 89.5 cm³/mol. The monoisotopic (exact) mass is 374 g/mol. The van der Waals surface area contributed by atoms with Gasteiger partial charge in [0.1, 0.15) is 0 Å². The SMILES string of the molecule is CCNC(=NCc1c(F)c(F)cc(F)c1F)NC1CCN(C(=O)CC)C1. The molecule has 1 atom stereocenters. The van der Waals surface area contributed by atoms with Crippen LogP contribution < -0.4 is 10.6 Å². The highest BCUT2D eigenvalue weighted by atomic mass is 19.2. The lowest BCUT2D eigenvalue weighted by molar-refractivity contribution is -0.129. The molecule has 2 rings (SSSR count). The Bertz CT molecular complexity index is 670. The van der Waals surface area contributed by atoms with Gasteiger partial charge < -0.3 is 15.5 Å². The van der Waals surface area contributed by atoms with Crippen molar-refractivity contribution < 1.29 is 22.4 Å². The van der Waals surface area contributed by atoms with Crippen LogP contribution in [-0.2, 0) is 11.3 Å². The lowest BCUT2D eigenvalue weighted by Crippen LogP contribution is -2.45. The fourth-order valence-corrected chi connectivity index (χ4v) is 2.76. The van der Waals surface area contributed by atoms with Crippen molar-refractivity contribution >= 4 is 11.9 Å². The molecule has 1 amide bonds. The summed E-state index contributed by atoms with van der Waals surface area (Å²) in [5, 5.41) is 5.99. The zero-order valence-electron chi connectivity index (χ0n) is 14.7. The third-order valence-electron chi connectivity index (χ3n) is 4.13. The Hall–Kier alpha value is -2.32. The number of carbonyl (C=O) groups excluding carboxylic acids is 1. The summed E-state index contributed by atoms with van der Waals surface area (Å²) in [6, 6.07) is 0.0985. The van der Waals surface area contributed by atoms with Crippen molar-refractivity contribution in [3.05, 3.63) is 34.9 Å². The van der Waals surface area contributed by atoms with Gasteiger partial charge in [-0.1, -0.05) is 6.92 Å². The second-order valence-corrected chi connectivity index (χ2v) is 5.97. The largest absolute Gasteiger partial charge is 0.357 e. The van der Waals surface area contributed by atoms with Crippen molar-refractivity contribution in [3.63, 3.8) is 0 Å². The van der Waals surface area contributed by atoms with E-state index in [1.807, 2.05) is 6.92 Å². The summed E-state index contributed by atoms with van der Waals surface area (Å²) < 4.78 is 54.0. The van der Waals surface area contributed by atoms with E-state index in [-0.39, 0.29) is 24.0 Å². The number of benzene rings is 1. The van der Waals surface area contributed by atoms with Gasteiger partial charge in [0, 0.05) is 38.2 Å². The summed E-state index contributed by atoms with van der Waals surface area (Å²) in [5.74, 6) is -5.52. The number of guanidine groups is 1. The van der Waals surface area contributed by atoms with Gasteiger partial charge >= 0.3 is 0 Å². The molecule has 9 heteroatoms. The Kier molecular flexibility index (Phi) is 6.82. The molecular weight excluding hydrogens is 352 g/mol. The van der Waals surface area contributed by atoms with Crippen molar-refractivity contribution in [3.8, 4) is 0 Å². The number of amides is 1. The maximum Gasteiger partial charge on any atom is 0.222 e. The summed E-state index contributed by atoms with van der Waals surface area (Å²) in [4.78, 5) is 17.5. The van der Waals surface area contributed by atoms with Crippen LogP contribution in [-0.4, -0.2) is 42.4 Å². The van der Waals surface area contributed by atoms with Gasteiger partial charge in [-0.25, -0.2) is 22.6 Å². The molecule has 1 saturated heterocycles. The second-order valence-electron chi connectivity index (χ2n) is 5.97. The van der Waals surface area contributed by atoms with Crippen LogP contribution in [0.25, 0.3) is 0 Å². The fourth-order valence-electron chi connectivity index (χ4n) is 2.76. The maximum atomic E-state index is 13.7. The number of hydrogen-bond acceptors (Lipinski definition) is 2. The first-order chi connectivity index (χ1) is 12.4. The Morgan fingerprint density at radius 1 is 1.23 bits per heavy atom. The average molecular weight is 374 g/mol. The normalized spacial score (nSPS) is 17.5. The molecule has 144 valence electrons. The lowest BCUT2D eigenvalue weighted by atomic mass is 10.2. The molecule has 0 saturated carbocycles. The summed E-state index contributed by atoms with van der Waals surface area (Å²) in [6.45, 7) is 4.62. The highest BCUT2D eigenvalue weighted by Crippen LogP contribution is 2.20. The molecule has 0 aliphatic carbocycles. The quantitative estimate of drug-likeness (QED) is 0.360. The van der Waals surface area contributed by atoms with E-state index in [0.717, 1.165) is 0 Å². The number of halogens is 4. The molecule has 1 heterocycles. The molecule has 1 aromatic carbocycles. The molecule has 1 unspecified atom stereocenters. The van der Waals surface area contributed by atoms with E-state index in [9.17, 15) is 22.4 Å². The molecule has 5 nitrogen and oxygen atoms in total. The zero-order chi connectivity index (χ0) is 19.3. The summed E-state index contributed by atoms with van der Waals surface area (Å²) in [5.41, 5.74) is -0.770. The molecule has 0 aromatic heterocycles. The molecule has 1 aromatic rings. The minimum atomic E-state index is -1.46. The van der Waals surface area contributed by atoms with E-state index in [4.69, 9.17) is 0 Å². The van der Waals surface area contributed by atoms with Crippen molar-refractivity contribution in [2.75, 3.05) is 19.6 Å². The first kappa shape index (κ1) is 20.0. The van der Waals surface area contributed by atoms with E-state index in [0.29, 0.717) is 32.5 Å². The number of aliphatic imine (C=N–C) groups is 1. The molecule has 1 fully saturated rings. The molecule has 1 aliphatic rings. The standard InChI is InChI=1S/C17H22F4N4O/c1-3-14(26)25-6-5-10(9-25)24-17(22-4-2)23-8-11-15(20)12(18)7-13(19)16(11)21/h7,10H,3-6,8-9H2,1-2H3,(H2,22,23,24). The van der Waals surface area contributed by atoms with Crippen LogP contribution in [0.5, 0.6) is 0 Å². The van der Waals surface area contributed by atoms with Gasteiger partial charge in [-0.3, -0.25) is 4.79 Å². The first-order valence-electron chi connectivity index (χ1n) is 8.51. The maximum absolute atomic E-state index is 13.7. The van der Waals surface area contributed by atoms with Gasteiger partial charge in [-0.05, 0) is 13.3 Å². The number of rotatable bonds is 5. The highest BCUT2D eigenvalue weighted by molar-refractivity contribution is 5.80. The molecule has 0 spiro atoms. The van der Waals surface area contributed by atoms with Crippen molar-refractivity contribution in [1.82, 2.24) is 15.5 Å². The van der Waals surface area contributed by atoms with Crippen molar-refractivity contribution in [2.45, 2.75) is 39.3 Å². The third-order valence-corrected chi connectivity index (χ3v) is 4.13. The van der Waals surface area contributed by atoms with Gasteiger partial charge in [0.2, 0.25) is 5.91 Å². The van der Waals surface area contributed by atoms with Crippen LogP contribution in [0.1, 0.15) is 32.3 Å². The smallest absolute Gasteiger partial charge is 0.222 e. The number of carbonyl (C=O) groups is 1. The van der Waals surface area contributed by atoms with Crippen LogP contribution in [0.2, 0.25) is 0 Å². The molecule has 26 heavy (non-hydrogen) atoms. The first-order valence-corrected chi connectivity index (χ1v) is 8.51. The Morgan fingerprint density at radius 3 is 2.46 bits per heavy atom. The van der Waals surface area contributed by atoms with Gasteiger partial charge in [0.15, 0.2) is 29.2 Å². The van der Waals surface area contributed by atoms with Gasteiger partial charge in [-0.15, -0.1) is 0 Å². The summed E-state index contributed by atoms with van der Waals surface area (Å²) in [7, 11) is 0. The zero-order valence-corrected chi connectivity index (χ0v) is 14.7. The third kappa shape index (κ3) is 4.64. The summed E-state index contributed by atoms with van der Waals surface area (Å²) in [6.07, 6.45) is 1.12. The molecule has 2 N–H and O–H groups in total. The Labute approximate surface area is 149 Å².